The Bertz CT molecular complexity index is 2620. The van der Waals surface area contributed by atoms with E-state index < -0.39 is 25.2 Å². The van der Waals surface area contributed by atoms with E-state index in [1.54, 1.807) is 58.3 Å². The Morgan fingerprint density at radius 2 is 1.23 bits per heavy atom. The summed E-state index contributed by atoms with van der Waals surface area (Å²) in [6.45, 7) is 0.472. The number of hydrogen-bond acceptors (Lipinski definition) is 10. The zero-order valence-corrected chi connectivity index (χ0v) is 32.2. The minimum Gasteiger partial charge on any atom is -0.426 e. The van der Waals surface area contributed by atoms with Gasteiger partial charge in [-0.25, -0.2) is 9.36 Å². The summed E-state index contributed by atoms with van der Waals surface area (Å²) in [5, 5.41) is 13.7. The molecule has 17 heteroatoms. The second-order valence-corrected chi connectivity index (χ2v) is 15.4. The fraction of sp³-hybridized carbons (Fsp3) is 0.154. The van der Waals surface area contributed by atoms with E-state index in [1.165, 1.54) is 24.3 Å². The van der Waals surface area contributed by atoms with E-state index in [0.717, 1.165) is 33.2 Å². The van der Waals surface area contributed by atoms with Crippen molar-refractivity contribution in [2.75, 3.05) is 34.6 Å². The molecule has 3 heterocycles. The van der Waals surface area contributed by atoms with Gasteiger partial charge in [-0.3, -0.25) is 19.7 Å². The maximum Gasteiger partial charge on any atom is 0.519 e. The summed E-state index contributed by atoms with van der Waals surface area (Å²) in [5.74, 6) is -0.542. The first-order valence-corrected chi connectivity index (χ1v) is 20.2. The molecule has 0 aliphatic carbocycles. The number of benzene rings is 5. The second-order valence-electron chi connectivity index (χ2n) is 13.0. The van der Waals surface area contributed by atoms with Crippen molar-refractivity contribution in [1.29, 1.82) is 0 Å². The van der Waals surface area contributed by atoms with Crippen LogP contribution in [0.2, 0.25) is 0 Å². The summed E-state index contributed by atoms with van der Waals surface area (Å²) < 4.78 is 28.0. The number of hydrogen-bond donors (Lipinski definition) is 1. The van der Waals surface area contributed by atoms with Crippen molar-refractivity contribution in [2.24, 2.45) is 0 Å². The first kappa shape index (κ1) is 37.4. The Morgan fingerprint density at radius 3 is 1.71 bits per heavy atom. The van der Waals surface area contributed by atoms with Crippen molar-refractivity contribution < 1.29 is 42.8 Å². The summed E-state index contributed by atoms with van der Waals surface area (Å²) >= 11 is 13.9. The molecule has 8 rings (SSSR count). The standard InChI is InChI=1S/C39H28Cl2N3O10PS/c40-17-21-19-42(29-15-31(25-5-1-3-7-27(25)35(21)29)53-39(47)52-24-11-9-23(10-12-24)44(48)49)37(45)33-13-14-34(56-33)38(46)43-20-22(18-41)36-28-8-4-2-6-26(28)32(16-30(36)43)54-55(50)51/h1-16,21-22,55H,17-20H2,(H,50,51)/t21-,22-/m1/s1. The molecule has 3 atom stereocenters. The Labute approximate surface area is 332 Å². The number of non-ortho nitro benzene ring substituents is 1. The molecule has 284 valence electrons. The second kappa shape index (κ2) is 15.2. The number of nitrogens with zero attached hydrogens (tertiary/aromatic N) is 3. The van der Waals surface area contributed by atoms with Crippen LogP contribution in [0.3, 0.4) is 0 Å². The average molecular weight is 833 g/mol. The van der Waals surface area contributed by atoms with Crippen LogP contribution in [0, 0.1) is 10.1 Å². The number of thiophene rings is 1. The Balaban J connectivity index is 1.10. The van der Waals surface area contributed by atoms with Gasteiger partial charge in [0.2, 0.25) is 0 Å². The first-order chi connectivity index (χ1) is 27.1. The number of anilines is 2. The van der Waals surface area contributed by atoms with Crippen LogP contribution in [-0.2, 0) is 4.57 Å². The van der Waals surface area contributed by atoms with Crippen molar-refractivity contribution in [3.63, 3.8) is 0 Å². The van der Waals surface area contributed by atoms with Crippen LogP contribution in [0.25, 0.3) is 21.5 Å². The van der Waals surface area contributed by atoms with Gasteiger partial charge in [0, 0.05) is 71.7 Å². The molecule has 13 nitrogen and oxygen atoms in total. The van der Waals surface area contributed by atoms with Gasteiger partial charge in [0.05, 0.1) is 26.1 Å². The topological polar surface area (TPSA) is 166 Å². The number of amides is 2. The Kier molecular flexibility index (Phi) is 10.2. The molecule has 56 heavy (non-hydrogen) atoms. The largest absolute Gasteiger partial charge is 0.519 e. The molecule has 0 fully saturated rings. The molecular weight excluding hydrogens is 804 g/mol. The molecule has 2 aliphatic rings. The lowest BCUT2D eigenvalue weighted by Crippen LogP contribution is -2.30. The number of ether oxygens (including phenoxy) is 2. The molecule has 0 bridgehead atoms. The first-order valence-electron chi connectivity index (χ1n) is 17.1. The lowest BCUT2D eigenvalue weighted by Gasteiger charge is -2.19. The summed E-state index contributed by atoms with van der Waals surface area (Å²) in [6.07, 6.45) is -1.09. The zero-order chi connectivity index (χ0) is 39.2. The van der Waals surface area contributed by atoms with E-state index in [4.69, 9.17) is 37.2 Å². The SMILES string of the molecule is O=C(Oc1ccc([N+](=O)[O-])cc1)Oc1cc2c(c3ccccc13)[C@H](CCl)CN2C(=O)c1ccc(C(=O)N2C[C@@H](CCl)c3c2cc(O[PH](=O)O)c2ccccc32)s1. The minimum absolute atomic E-state index is 0.0355. The van der Waals surface area contributed by atoms with E-state index in [9.17, 15) is 34.0 Å². The highest BCUT2D eigenvalue weighted by atomic mass is 35.5. The van der Waals surface area contributed by atoms with Gasteiger partial charge >= 0.3 is 14.4 Å². The third-order valence-electron chi connectivity index (χ3n) is 9.79. The fourth-order valence-corrected chi connectivity index (χ4v) is 9.17. The minimum atomic E-state index is -3.36. The highest BCUT2D eigenvalue weighted by molar-refractivity contribution is 7.32. The van der Waals surface area contributed by atoms with Crippen LogP contribution in [0.15, 0.2) is 97.1 Å². The number of nitro benzene ring substituents is 1. The summed E-state index contributed by atoms with van der Waals surface area (Å²) in [4.78, 5) is 65.2. The zero-order valence-electron chi connectivity index (χ0n) is 28.8. The summed E-state index contributed by atoms with van der Waals surface area (Å²) in [5.41, 5.74) is 2.42. The molecular formula is C39H28Cl2N3O10PS. The molecule has 1 aromatic heterocycles. The molecule has 0 radical (unpaired) electrons. The Morgan fingerprint density at radius 1 is 0.750 bits per heavy atom. The summed E-state index contributed by atoms with van der Waals surface area (Å²) in [7, 11) is -3.36. The van der Waals surface area contributed by atoms with Crippen LogP contribution in [0.1, 0.15) is 42.3 Å². The number of carbonyl (C=O) groups excluding carboxylic acids is 3. The van der Waals surface area contributed by atoms with E-state index in [2.05, 4.69) is 0 Å². The average Bonchev–Trinajstić information content (AvgIpc) is 3.94. The third kappa shape index (κ3) is 6.73. The maximum absolute atomic E-state index is 14.3. The number of carbonyl (C=O) groups is 3. The van der Waals surface area contributed by atoms with Crippen molar-refractivity contribution in [3.8, 4) is 17.2 Å². The van der Waals surface area contributed by atoms with Gasteiger partial charge in [0.15, 0.2) is 0 Å². The van der Waals surface area contributed by atoms with Gasteiger partial charge < -0.3 is 28.7 Å². The number of nitro groups is 1. The molecule has 5 aromatic carbocycles. The highest BCUT2D eigenvalue weighted by Gasteiger charge is 2.38. The van der Waals surface area contributed by atoms with Gasteiger partial charge in [0.1, 0.15) is 17.2 Å². The third-order valence-corrected chi connectivity index (χ3v) is 12.0. The fourth-order valence-electron chi connectivity index (χ4n) is 7.40. The van der Waals surface area contributed by atoms with Gasteiger partial charge in [0.25, 0.3) is 17.5 Å². The predicted molar refractivity (Wildman–Crippen MR) is 214 cm³/mol. The quantitative estimate of drug-likeness (QED) is 0.0371. The predicted octanol–water partition coefficient (Wildman–Crippen LogP) is 9.27. The lowest BCUT2D eigenvalue weighted by atomic mass is 9.95. The molecule has 0 saturated heterocycles. The van der Waals surface area contributed by atoms with Gasteiger partial charge in [-0.2, -0.15) is 0 Å². The van der Waals surface area contributed by atoms with Crippen molar-refractivity contribution >= 4 is 99.4 Å². The van der Waals surface area contributed by atoms with Crippen LogP contribution in [0.4, 0.5) is 21.9 Å². The monoisotopic (exact) mass is 831 g/mol. The van der Waals surface area contributed by atoms with Crippen molar-refractivity contribution in [3.05, 3.63) is 128 Å². The van der Waals surface area contributed by atoms with Gasteiger partial charge in [-0.15, -0.1) is 34.5 Å². The van der Waals surface area contributed by atoms with Crippen LogP contribution in [-0.4, -0.2) is 52.6 Å². The Hall–Kier alpha value is -5.50. The summed E-state index contributed by atoms with van der Waals surface area (Å²) in [6, 6.07) is 25.7. The molecule has 6 aromatic rings. The van der Waals surface area contributed by atoms with Crippen molar-refractivity contribution in [2.45, 2.75) is 11.8 Å². The molecule has 1 unspecified atom stereocenters. The normalized spacial score (nSPS) is 16.4. The lowest BCUT2D eigenvalue weighted by molar-refractivity contribution is -0.384. The maximum atomic E-state index is 14.3. The van der Waals surface area contributed by atoms with Crippen LogP contribution in [0.5, 0.6) is 17.2 Å². The molecule has 2 aliphatic heterocycles. The van der Waals surface area contributed by atoms with Gasteiger partial charge in [-0.05, 0) is 46.2 Å². The number of halogens is 2. The van der Waals surface area contributed by atoms with Gasteiger partial charge in [-0.1, -0.05) is 48.5 Å². The number of alkyl halides is 2. The highest BCUT2D eigenvalue weighted by Crippen LogP contribution is 2.49. The van der Waals surface area contributed by atoms with Crippen molar-refractivity contribution in [1.82, 2.24) is 0 Å². The van der Waals surface area contributed by atoms with Crippen LogP contribution >= 0.6 is 42.8 Å². The van der Waals surface area contributed by atoms with E-state index in [0.29, 0.717) is 22.1 Å². The number of rotatable bonds is 9. The smallest absolute Gasteiger partial charge is 0.426 e. The molecule has 2 amide bonds. The van der Waals surface area contributed by atoms with Crippen LogP contribution < -0.4 is 23.8 Å². The van der Waals surface area contributed by atoms with E-state index >= 15 is 0 Å². The van der Waals surface area contributed by atoms with E-state index in [-0.39, 0.29) is 75.3 Å². The van der Waals surface area contributed by atoms with E-state index in [1.807, 2.05) is 24.3 Å². The molecule has 0 saturated carbocycles. The number of fused-ring (bicyclic) bond motifs is 6. The molecule has 0 spiro atoms. The molecule has 1 N–H and O–H groups in total.